The molecule has 1 heterocycles. The second kappa shape index (κ2) is 11.4. The second-order valence-electron chi connectivity index (χ2n) is 7.55. The number of benzene rings is 2. The van der Waals surface area contributed by atoms with Crippen LogP contribution in [-0.4, -0.2) is 23.4 Å². The quantitative estimate of drug-likeness (QED) is 0.209. The average molecular weight is 467 g/mol. The molecule has 2 aromatic carbocycles. The molecule has 0 radical (unpaired) electrons. The lowest BCUT2D eigenvalue weighted by Gasteiger charge is -2.10. The van der Waals surface area contributed by atoms with Gasteiger partial charge in [-0.3, -0.25) is 14.9 Å². The molecule has 0 unspecified atom stereocenters. The van der Waals surface area contributed by atoms with E-state index in [0.29, 0.717) is 22.5 Å². The molecule has 1 aromatic heterocycles. The highest BCUT2D eigenvalue weighted by molar-refractivity contribution is 7.15. The summed E-state index contributed by atoms with van der Waals surface area (Å²) in [5.74, 6) is -0.958. The smallest absolute Gasteiger partial charge is 0.341 e. The van der Waals surface area contributed by atoms with E-state index in [-0.39, 0.29) is 17.9 Å². The fourth-order valence-corrected chi connectivity index (χ4v) is 4.23. The molecule has 0 saturated heterocycles. The molecule has 7 nitrogen and oxygen atoms in total. The van der Waals surface area contributed by atoms with Gasteiger partial charge in [-0.1, -0.05) is 44.5 Å². The Morgan fingerprint density at radius 2 is 1.73 bits per heavy atom. The maximum atomic E-state index is 12.9. The van der Waals surface area contributed by atoms with Crippen molar-refractivity contribution in [1.82, 2.24) is 0 Å². The number of non-ortho nitro benzene ring substituents is 1. The van der Waals surface area contributed by atoms with E-state index in [0.717, 1.165) is 24.8 Å². The van der Waals surface area contributed by atoms with Crippen LogP contribution in [0.5, 0.6) is 0 Å². The van der Waals surface area contributed by atoms with E-state index in [1.54, 1.807) is 0 Å². The standard InChI is InChI=1S/C25H26N2O5S/c1-3-5-6-17-7-9-18(10-8-17)21-16-33-24(22(21)25(29)32-15-4-2)26-23(28)19-11-13-20(14-12-19)27(30)31/h7-14,16H,3-6,15H2,1-2H3,(H,26,28). The first kappa shape index (κ1) is 24.1. The summed E-state index contributed by atoms with van der Waals surface area (Å²) < 4.78 is 5.39. The highest BCUT2D eigenvalue weighted by atomic mass is 32.1. The molecule has 1 N–H and O–H groups in total. The molecule has 0 spiro atoms. The van der Waals surface area contributed by atoms with Gasteiger partial charge in [0.15, 0.2) is 0 Å². The molecule has 0 aliphatic rings. The van der Waals surface area contributed by atoms with Crippen LogP contribution in [0.4, 0.5) is 10.7 Å². The van der Waals surface area contributed by atoms with E-state index >= 15 is 0 Å². The molecule has 172 valence electrons. The molecule has 33 heavy (non-hydrogen) atoms. The number of hydrogen-bond acceptors (Lipinski definition) is 6. The number of carbonyl (C=O) groups excluding carboxylic acids is 2. The van der Waals surface area contributed by atoms with Gasteiger partial charge >= 0.3 is 5.97 Å². The predicted octanol–water partition coefficient (Wildman–Crippen LogP) is 6.49. The number of nitro benzene ring substituents is 1. The van der Waals surface area contributed by atoms with Crippen molar-refractivity contribution in [3.63, 3.8) is 0 Å². The van der Waals surface area contributed by atoms with Gasteiger partial charge in [0.05, 0.1) is 11.5 Å². The number of nitro groups is 1. The highest BCUT2D eigenvalue weighted by Gasteiger charge is 2.23. The lowest BCUT2D eigenvalue weighted by atomic mass is 10.0. The Morgan fingerprint density at radius 1 is 1.03 bits per heavy atom. The van der Waals surface area contributed by atoms with Gasteiger partial charge < -0.3 is 10.1 Å². The molecule has 0 bridgehead atoms. The lowest BCUT2D eigenvalue weighted by Crippen LogP contribution is -2.15. The van der Waals surface area contributed by atoms with Crippen molar-refractivity contribution in [3.05, 3.63) is 80.7 Å². The van der Waals surface area contributed by atoms with Gasteiger partial charge in [-0.2, -0.15) is 0 Å². The Morgan fingerprint density at radius 3 is 2.33 bits per heavy atom. The summed E-state index contributed by atoms with van der Waals surface area (Å²) in [6.45, 7) is 4.34. The summed E-state index contributed by atoms with van der Waals surface area (Å²) in [6, 6.07) is 13.4. The average Bonchev–Trinajstić information content (AvgIpc) is 3.25. The van der Waals surface area contributed by atoms with Crippen LogP contribution in [0.25, 0.3) is 11.1 Å². The minimum Gasteiger partial charge on any atom is -0.462 e. The monoisotopic (exact) mass is 466 g/mol. The number of nitrogens with zero attached hydrogens (tertiary/aromatic N) is 1. The molecule has 0 fully saturated rings. The second-order valence-corrected chi connectivity index (χ2v) is 8.43. The third-order valence-corrected chi connectivity index (χ3v) is 5.98. The molecule has 0 atom stereocenters. The maximum Gasteiger partial charge on any atom is 0.341 e. The van der Waals surface area contributed by atoms with E-state index < -0.39 is 16.8 Å². The number of ether oxygens (including phenoxy) is 1. The Kier molecular flexibility index (Phi) is 8.32. The third-order valence-electron chi connectivity index (χ3n) is 5.08. The van der Waals surface area contributed by atoms with Crippen molar-refractivity contribution in [2.24, 2.45) is 0 Å². The van der Waals surface area contributed by atoms with Crippen LogP contribution < -0.4 is 5.32 Å². The van der Waals surface area contributed by atoms with Gasteiger partial charge in [-0.05, 0) is 42.5 Å². The number of rotatable bonds is 10. The normalized spacial score (nSPS) is 10.6. The zero-order valence-electron chi connectivity index (χ0n) is 18.6. The number of nitrogens with one attached hydrogen (secondary N) is 1. The number of anilines is 1. The van der Waals surface area contributed by atoms with Crippen molar-refractivity contribution in [2.75, 3.05) is 11.9 Å². The van der Waals surface area contributed by atoms with Crippen molar-refractivity contribution >= 4 is 33.9 Å². The number of carbonyl (C=O) groups is 2. The van der Waals surface area contributed by atoms with E-state index in [4.69, 9.17) is 4.74 Å². The summed E-state index contributed by atoms with van der Waals surface area (Å²) >= 11 is 1.24. The maximum absolute atomic E-state index is 12.9. The molecule has 0 aliphatic heterocycles. The predicted molar refractivity (Wildman–Crippen MR) is 130 cm³/mol. The first-order valence-corrected chi connectivity index (χ1v) is 11.8. The number of thiophene rings is 1. The van der Waals surface area contributed by atoms with Gasteiger partial charge in [-0.25, -0.2) is 4.79 Å². The topological polar surface area (TPSA) is 98.5 Å². The van der Waals surface area contributed by atoms with Crippen LogP contribution in [-0.2, 0) is 11.2 Å². The van der Waals surface area contributed by atoms with Crippen LogP contribution >= 0.6 is 11.3 Å². The first-order chi connectivity index (χ1) is 15.9. The Balaban J connectivity index is 1.89. The molecule has 3 rings (SSSR count). The largest absolute Gasteiger partial charge is 0.462 e. The van der Waals surface area contributed by atoms with Crippen molar-refractivity contribution < 1.29 is 19.2 Å². The minimum absolute atomic E-state index is 0.101. The van der Waals surface area contributed by atoms with E-state index in [1.807, 2.05) is 24.4 Å². The van der Waals surface area contributed by atoms with Crippen LogP contribution in [0, 0.1) is 10.1 Å². The Hall–Kier alpha value is -3.52. The van der Waals surface area contributed by atoms with Crippen molar-refractivity contribution in [2.45, 2.75) is 39.5 Å². The highest BCUT2D eigenvalue weighted by Crippen LogP contribution is 2.37. The number of esters is 1. The lowest BCUT2D eigenvalue weighted by molar-refractivity contribution is -0.384. The molecule has 1 amide bonds. The van der Waals surface area contributed by atoms with Gasteiger partial charge in [0.1, 0.15) is 10.6 Å². The molecule has 0 aliphatic carbocycles. The van der Waals surface area contributed by atoms with E-state index in [9.17, 15) is 19.7 Å². The number of unbranched alkanes of at least 4 members (excludes halogenated alkanes) is 1. The van der Waals surface area contributed by atoms with Gasteiger partial charge in [0, 0.05) is 28.6 Å². The molecular formula is C25H26N2O5S. The summed E-state index contributed by atoms with van der Waals surface area (Å²) in [7, 11) is 0. The fourth-order valence-electron chi connectivity index (χ4n) is 3.27. The molecule has 8 heteroatoms. The summed E-state index contributed by atoms with van der Waals surface area (Å²) in [4.78, 5) is 36.0. The van der Waals surface area contributed by atoms with Crippen LogP contribution in [0.2, 0.25) is 0 Å². The Bertz CT molecular complexity index is 1120. The molecular weight excluding hydrogens is 440 g/mol. The first-order valence-electron chi connectivity index (χ1n) is 10.9. The number of aryl methyl sites for hydroxylation is 1. The third kappa shape index (κ3) is 6.04. The SMILES string of the molecule is CCCCc1ccc(-c2csc(NC(=O)c3ccc([N+](=O)[O-])cc3)c2C(=O)OCCC)cc1. The molecule has 0 saturated carbocycles. The van der Waals surface area contributed by atoms with E-state index in [1.165, 1.54) is 41.2 Å². The van der Waals surface area contributed by atoms with Crippen molar-refractivity contribution in [3.8, 4) is 11.1 Å². The van der Waals surface area contributed by atoms with Crippen LogP contribution in [0.1, 0.15) is 59.4 Å². The summed E-state index contributed by atoms with van der Waals surface area (Å²) in [5.41, 5.74) is 3.26. The van der Waals surface area contributed by atoms with Gasteiger partial charge in [0.2, 0.25) is 0 Å². The summed E-state index contributed by atoms with van der Waals surface area (Å²) in [6.07, 6.45) is 3.92. The minimum atomic E-state index is -0.525. The van der Waals surface area contributed by atoms with Gasteiger partial charge in [-0.15, -0.1) is 11.3 Å². The van der Waals surface area contributed by atoms with Crippen molar-refractivity contribution in [1.29, 1.82) is 0 Å². The fraction of sp³-hybridized carbons (Fsp3) is 0.280. The molecule has 3 aromatic rings. The number of amides is 1. The Labute approximate surface area is 196 Å². The zero-order valence-corrected chi connectivity index (χ0v) is 19.4. The van der Waals surface area contributed by atoms with Crippen LogP contribution in [0.3, 0.4) is 0 Å². The number of hydrogen-bond donors (Lipinski definition) is 1. The van der Waals surface area contributed by atoms with E-state index in [2.05, 4.69) is 24.4 Å². The summed E-state index contributed by atoms with van der Waals surface area (Å²) in [5, 5.41) is 15.8. The zero-order chi connectivity index (χ0) is 23.8. The van der Waals surface area contributed by atoms with Crippen LogP contribution in [0.15, 0.2) is 53.9 Å². The van der Waals surface area contributed by atoms with Gasteiger partial charge in [0.25, 0.3) is 11.6 Å².